The van der Waals surface area contributed by atoms with Crippen LogP contribution < -0.4 is 14.8 Å². The fourth-order valence-corrected chi connectivity index (χ4v) is 4.09. The summed E-state index contributed by atoms with van der Waals surface area (Å²) in [6.07, 6.45) is 5.25. The fraction of sp³-hybridized carbons (Fsp3) is 0.333. The number of aryl methyl sites for hydroxylation is 1. The molecule has 32 heavy (non-hydrogen) atoms. The quantitative estimate of drug-likeness (QED) is 0.629. The number of piperidine rings is 1. The molecule has 0 bridgehead atoms. The Kier molecular flexibility index (Phi) is 6.49. The molecule has 4 rings (SSSR count). The van der Waals surface area contributed by atoms with Crippen molar-refractivity contribution < 1.29 is 14.3 Å². The van der Waals surface area contributed by atoms with E-state index in [0.717, 1.165) is 29.9 Å². The number of hydrogen-bond donors (Lipinski definition) is 1. The van der Waals surface area contributed by atoms with Crippen LogP contribution in [0, 0.1) is 6.92 Å². The Morgan fingerprint density at radius 3 is 2.50 bits per heavy atom. The van der Waals surface area contributed by atoms with Gasteiger partial charge in [0.25, 0.3) is 5.91 Å². The summed E-state index contributed by atoms with van der Waals surface area (Å²) in [6, 6.07) is 11.1. The lowest BCUT2D eigenvalue weighted by atomic mass is 9.93. The Balaban J connectivity index is 1.57. The zero-order valence-corrected chi connectivity index (χ0v) is 18.5. The molecular formula is C24H27N5O3. The summed E-state index contributed by atoms with van der Waals surface area (Å²) in [5.41, 5.74) is 3.19. The number of anilines is 2. The normalized spacial score (nSPS) is 15.8. The molecule has 1 N–H and O–H groups in total. The number of nitrogens with one attached hydrogen (secondary N) is 1. The summed E-state index contributed by atoms with van der Waals surface area (Å²) in [5.74, 6) is 1.60. The van der Waals surface area contributed by atoms with Crippen LogP contribution in [0.4, 0.5) is 11.6 Å². The summed E-state index contributed by atoms with van der Waals surface area (Å²) in [5, 5.41) is 3.24. The smallest absolute Gasteiger partial charge is 0.261 e. The number of benzene rings is 1. The number of nitrogens with zero attached hydrogens (tertiary/aromatic N) is 4. The topological polar surface area (TPSA) is 89.5 Å². The minimum absolute atomic E-state index is 0.0901. The molecule has 0 radical (unpaired) electrons. The molecule has 1 saturated heterocycles. The highest BCUT2D eigenvalue weighted by atomic mass is 16.5. The van der Waals surface area contributed by atoms with Gasteiger partial charge in [-0.3, -0.25) is 9.78 Å². The number of ether oxygens (including phenoxy) is 2. The lowest BCUT2D eigenvalue weighted by Gasteiger charge is -2.33. The van der Waals surface area contributed by atoms with Gasteiger partial charge in [0.1, 0.15) is 17.1 Å². The van der Waals surface area contributed by atoms with Crippen molar-refractivity contribution >= 4 is 17.5 Å². The highest BCUT2D eigenvalue weighted by Gasteiger charge is 2.30. The van der Waals surface area contributed by atoms with Gasteiger partial charge in [0, 0.05) is 48.5 Å². The van der Waals surface area contributed by atoms with Crippen LogP contribution in [0.15, 0.2) is 48.8 Å². The van der Waals surface area contributed by atoms with Gasteiger partial charge < -0.3 is 19.7 Å². The van der Waals surface area contributed by atoms with E-state index in [2.05, 4.69) is 15.3 Å². The van der Waals surface area contributed by atoms with Gasteiger partial charge in [-0.1, -0.05) is 6.07 Å². The minimum Gasteiger partial charge on any atom is -0.496 e. The molecule has 0 unspecified atom stereocenters. The third-order valence-electron chi connectivity index (χ3n) is 5.56. The van der Waals surface area contributed by atoms with Gasteiger partial charge in [0.05, 0.1) is 14.2 Å². The van der Waals surface area contributed by atoms with E-state index in [1.165, 1.54) is 0 Å². The molecular weight excluding hydrogens is 406 g/mol. The average molecular weight is 434 g/mol. The summed E-state index contributed by atoms with van der Waals surface area (Å²) in [7, 11) is 3.12. The molecule has 0 spiro atoms. The van der Waals surface area contributed by atoms with Crippen LogP contribution in [0.5, 0.6) is 11.5 Å². The summed E-state index contributed by atoms with van der Waals surface area (Å²) >= 11 is 0. The van der Waals surface area contributed by atoms with Gasteiger partial charge >= 0.3 is 0 Å². The molecule has 3 aromatic rings. The minimum atomic E-state index is -0.0901. The maximum atomic E-state index is 13.4. The second-order valence-electron chi connectivity index (χ2n) is 7.75. The highest BCUT2D eigenvalue weighted by molar-refractivity contribution is 5.99. The van der Waals surface area contributed by atoms with Gasteiger partial charge in [0.2, 0.25) is 5.95 Å². The molecule has 1 aliphatic heterocycles. The van der Waals surface area contributed by atoms with E-state index in [1.807, 2.05) is 30.0 Å². The number of amides is 1. The fourth-order valence-electron chi connectivity index (χ4n) is 4.09. The second-order valence-corrected chi connectivity index (χ2v) is 7.75. The third kappa shape index (κ3) is 4.64. The van der Waals surface area contributed by atoms with E-state index in [0.29, 0.717) is 36.1 Å². The maximum absolute atomic E-state index is 13.4. The Hall–Kier alpha value is -3.68. The molecule has 3 heterocycles. The molecule has 0 saturated carbocycles. The maximum Gasteiger partial charge on any atom is 0.261 e. The number of aromatic nitrogens is 3. The number of carbonyl (C=O) groups excluding carboxylic acids is 1. The number of hydrogen-bond acceptors (Lipinski definition) is 7. The Labute approximate surface area is 187 Å². The van der Waals surface area contributed by atoms with E-state index in [9.17, 15) is 4.79 Å². The van der Waals surface area contributed by atoms with Crippen molar-refractivity contribution in [3.63, 3.8) is 0 Å². The zero-order valence-electron chi connectivity index (χ0n) is 18.5. The largest absolute Gasteiger partial charge is 0.496 e. The monoisotopic (exact) mass is 433 g/mol. The molecule has 1 aromatic carbocycles. The van der Waals surface area contributed by atoms with Crippen molar-refractivity contribution in [2.45, 2.75) is 25.7 Å². The summed E-state index contributed by atoms with van der Waals surface area (Å²) in [6.45, 7) is 3.23. The molecule has 2 aromatic heterocycles. The SMILES string of the molecule is COc1cccc(OC)c1C(=O)N1CCC[C@@H](c2cc(Nc3ncccn3)cc(C)n2)C1. The number of rotatable bonds is 6. The number of pyridine rings is 1. The van der Waals surface area contributed by atoms with E-state index in [-0.39, 0.29) is 11.8 Å². The predicted octanol–water partition coefficient (Wildman–Crippen LogP) is 3.96. The Bertz CT molecular complexity index is 1070. The van der Waals surface area contributed by atoms with Crippen LogP contribution in [0.1, 0.15) is 40.5 Å². The van der Waals surface area contributed by atoms with E-state index in [1.54, 1.807) is 44.8 Å². The van der Waals surface area contributed by atoms with Crippen LogP contribution in [0.2, 0.25) is 0 Å². The van der Waals surface area contributed by atoms with Gasteiger partial charge in [-0.15, -0.1) is 0 Å². The number of methoxy groups -OCH3 is 2. The average Bonchev–Trinajstić information content (AvgIpc) is 2.83. The van der Waals surface area contributed by atoms with Gasteiger partial charge in [-0.25, -0.2) is 9.97 Å². The van der Waals surface area contributed by atoms with E-state index >= 15 is 0 Å². The molecule has 1 atom stereocenters. The van der Waals surface area contributed by atoms with Crippen molar-refractivity contribution in [3.8, 4) is 11.5 Å². The van der Waals surface area contributed by atoms with Gasteiger partial charge in [0.15, 0.2) is 0 Å². The third-order valence-corrected chi connectivity index (χ3v) is 5.56. The first-order valence-corrected chi connectivity index (χ1v) is 10.6. The van der Waals surface area contributed by atoms with Crippen molar-refractivity contribution in [2.24, 2.45) is 0 Å². The van der Waals surface area contributed by atoms with Gasteiger partial charge in [-0.05, 0) is 50.1 Å². The van der Waals surface area contributed by atoms with Crippen molar-refractivity contribution in [1.29, 1.82) is 0 Å². The lowest BCUT2D eigenvalue weighted by molar-refractivity contribution is 0.0699. The molecule has 166 valence electrons. The van der Waals surface area contributed by atoms with Crippen molar-refractivity contribution in [1.82, 2.24) is 19.9 Å². The second kappa shape index (κ2) is 9.64. The molecule has 1 aliphatic rings. The summed E-state index contributed by atoms with van der Waals surface area (Å²) < 4.78 is 10.9. The van der Waals surface area contributed by atoms with E-state index < -0.39 is 0 Å². The van der Waals surface area contributed by atoms with E-state index in [4.69, 9.17) is 14.5 Å². The number of likely N-dealkylation sites (tertiary alicyclic amines) is 1. The Morgan fingerprint density at radius 2 is 1.81 bits per heavy atom. The van der Waals surface area contributed by atoms with Crippen LogP contribution >= 0.6 is 0 Å². The van der Waals surface area contributed by atoms with Gasteiger partial charge in [-0.2, -0.15) is 0 Å². The highest BCUT2D eigenvalue weighted by Crippen LogP contribution is 2.33. The standard InChI is InChI=1S/C24H27N5O3/c1-16-13-18(28-24-25-10-6-11-26-24)14-19(27-16)17-7-5-12-29(15-17)23(30)22-20(31-2)8-4-9-21(22)32-3/h4,6,8-11,13-14,17H,5,7,12,15H2,1-3H3,(H,25,26,27,28)/t17-/m1/s1. The van der Waals surface area contributed by atoms with Crippen LogP contribution in [-0.4, -0.2) is 53.1 Å². The Morgan fingerprint density at radius 1 is 1.09 bits per heavy atom. The first-order valence-electron chi connectivity index (χ1n) is 10.6. The van der Waals surface area contributed by atoms with Crippen LogP contribution in [0.25, 0.3) is 0 Å². The first kappa shape index (κ1) is 21.5. The van der Waals surface area contributed by atoms with Crippen molar-refractivity contribution in [2.75, 3.05) is 32.6 Å². The lowest BCUT2D eigenvalue weighted by Crippen LogP contribution is -2.39. The molecule has 8 heteroatoms. The van der Waals surface area contributed by atoms with Crippen molar-refractivity contribution in [3.05, 3.63) is 65.7 Å². The first-order chi connectivity index (χ1) is 15.6. The molecule has 0 aliphatic carbocycles. The molecule has 1 fully saturated rings. The zero-order chi connectivity index (χ0) is 22.5. The molecule has 8 nitrogen and oxygen atoms in total. The summed E-state index contributed by atoms with van der Waals surface area (Å²) in [4.78, 5) is 28.5. The van der Waals surface area contributed by atoms with Crippen LogP contribution in [-0.2, 0) is 0 Å². The molecule has 1 amide bonds. The predicted molar refractivity (Wildman–Crippen MR) is 122 cm³/mol. The van der Waals surface area contributed by atoms with Crippen LogP contribution in [0.3, 0.4) is 0 Å². The number of carbonyl (C=O) groups is 1.